The van der Waals surface area contributed by atoms with Crippen molar-refractivity contribution in [3.63, 3.8) is 0 Å². The van der Waals surface area contributed by atoms with Crippen molar-refractivity contribution in [2.45, 2.75) is 77.5 Å². The van der Waals surface area contributed by atoms with Gasteiger partial charge in [-0.15, -0.1) is 0 Å². The molecule has 1 heterocycles. The second-order valence-corrected chi connectivity index (χ2v) is 8.82. The minimum absolute atomic E-state index is 0.0476. The molecule has 0 radical (unpaired) electrons. The number of nitrogens with two attached hydrogens (primary N) is 1. The Morgan fingerprint density at radius 3 is 2.09 bits per heavy atom. The van der Waals surface area contributed by atoms with Crippen molar-refractivity contribution < 1.29 is 34.2 Å². The van der Waals surface area contributed by atoms with E-state index in [0.29, 0.717) is 12.1 Å². The third-order valence-electron chi connectivity index (χ3n) is 5.68. The molecule has 0 bridgehead atoms. The number of hydrogen-bond donors (Lipinski definition) is 7. The van der Waals surface area contributed by atoms with Gasteiger partial charge in [0.25, 0.3) is 0 Å². The Hall–Kier alpha value is -3.48. The second-order valence-electron chi connectivity index (χ2n) is 8.82. The van der Waals surface area contributed by atoms with Crippen molar-refractivity contribution in [2.24, 2.45) is 17.6 Å². The molecule has 0 spiro atoms. The Bertz CT molecular complexity index is 874. The molecular weight excluding hydrogens is 460 g/mol. The highest BCUT2D eigenvalue weighted by Crippen LogP contribution is 2.09. The van der Waals surface area contributed by atoms with Crippen LogP contribution in [-0.4, -0.2) is 74.0 Å². The van der Waals surface area contributed by atoms with Crippen LogP contribution < -0.4 is 21.7 Å². The molecule has 0 fully saturated rings. The van der Waals surface area contributed by atoms with Crippen LogP contribution in [0, 0.1) is 11.8 Å². The molecule has 5 unspecified atom stereocenters. The van der Waals surface area contributed by atoms with Gasteiger partial charge in [0.1, 0.15) is 18.1 Å². The number of aromatic nitrogens is 2. The molecule has 1 aromatic heterocycles. The van der Waals surface area contributed by atoms with Gasteiger partial charge < -0.3 is 36.9 Å². The molecule has 13 nitrogen and oxygen atoms in total. The monoisotopic (exact) mass is 496 g/mol. The number of nitrogens with one attached hydrogen (secondary N) is 4. The van der Waals surface area contributed by atoms with E-state index >= 15 is 0 Å². The van der Waals surface area contributed by atoms with E-state index in [0.717, 1.165) is 0 Å². The first-order valence-corrected chi connectivity index (χ1v) is 11.5. The number of rotatable bonds is 15. The summed E-state index contributed by atoms with van der Waals surface area (Å²) in [6, 6.07) is -4.60. The summed E-state index contributed by atoms with van der Waals surface area (Å²) in [5.41, 5.74) is 6.43. The Kier molecular flexibility index (Phi) is 11.9. The van der Waals surface area contributed by atoms with Crippen LogP contribution in [-0.2, 0) is 30.4 Å². The molecule has 1 rings (SSSR count). The number of hydrogen-bond acceptors (Lipinski definition) is 7. The van der Waals surface area contributed by atoms with Crippen LogP contribution in [0.2, 0.25) is 0 Å². The molecule has 5 atom stereocenters. The van der Waals surface area contributed by atoms with Gasteiger partial charge in [-0.3, -0.25) is 19.2 Å². The Labute approximate surface area is 203 Å². The highest BCUT2D eigenvalue weighted by atomic mass is 16.4. The maximum atomic E-state index is 13.1. The molecule has 35 heavy (non-hydrogen) atoms. The molecule has 0 aliphatic carbocycles. The number of carbonyl (C=O) groups excluding carboxylic acids is 3. The smallest absolute Gasteiger partial charge is 0.326 e. The molecule has 13 heteroatoms. The van der Waals surface area contributed by atoms with Gasteiger partial charge in [0.05, 0.1) is 12.4 Å². The molecule has 0 saturated carbocycles. The number of aliphatic carboxylic acids is 2. The van der Waals surface area contributed by atoms with E-state index < -0.39 is 66.2 Å². The van der Waals surface area contributed by atoms with Gasteiger partial charge in [0.15, 0.2) is 0 Å². The zero-order chi connectivity index (χ0) is 26.7. The van der Waals surface area contributed by atoms with Gasteiger partial charge in [-0.2, -0.15) is 0 Å². The topological polar surface area (TPSA) is 217 Å². The van der Waals surface area contributed by atoms with E-state index in [4.69, 9.17) is 10.8 Å². The fraction of sp³-hybridized carbons (Fsp3) is 0.636. The van der Waals surface area contributed by atoms with E-state index in [1.165, 1.54) is 12.5 Å². The van der Waals surface area contributed by atoms with Crippen LogP contribution in [0.25, 0.3) is 0 Å². The van der Waals surface area contributed by atoms with Crippen molar-refractivity contribution in [3.8, 4) is 0 Å². The third kappa shape index (κ3) is 9.73. The van der Waals surface area contributed by atoms with Gasteiger partial charge in [0.2, 0.25) is 17.7 Å². The summed E-state index contributed by atoms with van der Waals surface area (Å²) in [5, 5.41) is 25.9. The fourth-order valence-corrected chi connectivity index (χ4v) is 3.18. The first-order chi connectivity index (χ1) is 16.4. The molecule has 1 aromatic rings. The Balaban J connectivity index is 3.10. The average Bonchev–Trinajstić information content (AvgIpc) is 3.30. The first kappa shape index (κ1) is 29.6. The zero-order valence-electron chi connectivity index (χ0n) is 20.4. The number of carboxylic acid groups (broad SMARTS) is 2. The summed E-state index contributed by atoms with van der Waals surface area (Å²) >= 11 is 0. The van der Waals surface area contributed by atoms with Crippen molar-refractivity contribution in [3.05, 3.63) is 18.2 Å². The lowest BCUT2D eigenvalue weighted by Gasteiger charge is -2.26. The second kappa shape index (κ2) is 14.0. The van der Waals surface area contributed by atoms with E-state index in [-0.39, 0.29) is 18.8 Å². The molecule has 8 N–H and O–H groups in total. The lowest BCUT2D eigenvalue weighted by molar-refractivity contribution is -0.143. The van der Waals surface area contributed by atoms with E-state index in [2.05, 4.69) is 25.9 Å². The zero-order valence-corrected chi connectivity index (χ0v) is 20.4. The number of carbonyl (C=O) groups is 5. The number of nitrogens with zero attached hydrogens (tertiary/aromatic N) is 1. The average molecular weight is 497 g/mol. The van der Waals surface area contributed by atoms with Gasteiger partial charge >= 0.3 is 11.9 Å². The Morgan fingerprint density at radius 1 is 1.00 bits per heavy atom. The van der Waals surface area contributed by atoms with Gasteiger partial charge in [-0.25, -0.2) is 9.78 Å². The maximum absolute atomic E-state index is 13.1. The predicted octanol–water partition coefficient (Wildman–Crippen LogP) is -0.615. The van der Waals surface area contributed by atoms with Crippen molar-refractivity contribution in [1.29, 1.82) is 0 Å². The highest BCUT2D eigenvalue weighted by Gasteiger charge is 2.32. The fourth-order valence-electron chi connectivity index (χ4n) is 3.18. The summed E-state index contributed by atoms with van der Waals surface area (Å²) in [7, 11) is 0. The van der Waals surface area contributed by atoms with Gasteiger partial charge in [-0.1, -0.05) is 34.1 Å². The van der Waals surface area contributed by atoms with E-state index in [9.17, 15) is 29.1 Å². The molecule has 196 valence electrons. The lowest BCUT2D eigenvalue weighted by Crippen LogP contribution is -2.58. The maximum Gasteiger partial charge on any atom is 0.326 e. The van der Waals surface area contributed by atoms with Crippen LogP contribution in [0.1, 0.15) is 52.7 Å². The van der Waals surface area contributed by atoms with E-state index in [1.54, 1.807) is 20.8 Å². The predicted molar refractivity (Wildman–Crippen MR) is 125 cm³/mol. The summed E-state index contributed by atoms with van der Waals surface area (Å²) in [5.74, 6) is -5.18. The van der Waals surface area contributed by atoms with Crippen LogP contribution in [0.4, 0.5) is 0 Å². The quantitative estimate of drug-likeness (QED) is 0.164. The van der Waals surface area contributed by atoms with Crippen molar-refractivity contribution >= 4 is 29.7 Å². The van der Waals surface area contributed by atoms with Gasteiger partial charge in [-0.05, 0) is 18.3 Å². The molecule has 0 saturated heterocycles. The van der Waals surface area contributed by atoms with Gasteiger partial charge in [0, 0.05) is 24.7 Å². The van der Waals surface area contributed by atoms with Crippen LogP contribution >= 0.6 is 0 Å². The van der Waals surface area contributed by atoms with Crippen molar-refractivity contribution in [1.82, 2.24) is 25.9 Å². The molecule has 0 aliphatic heterocycles. The van der Waals surface area contributed by atoms with Crippen LogP contribution in [0.3, 0.4) is 0 Å². The molecule has 3 amide bonds. The van der Waals surface area contributed by atoms with E-state index in [1.807, 2.05) is 6.92 Å². The summed E-state index contributed by atoms with van der Waals surface area (Å²) in [6.45, 7) is 6.88. The summed E-state index contributed by atoms with van der Waals surface area (Å²) in [6.07, 6.45) is 2.75. The molecule has 0 aliphatic rings. The number of imidazole rings is 1. The number of H-pyrrole nitrogens is 1. The minimum atomic E-state index is -1.27. The minimum Gasteiger partial charge on any atom is -0.481 e. The van der Waals surface area contributed by atoms with Crippen LogP contribution in [0.5, 0.6) is 0 Å². The largest absolute Gasteiger partial charge is 0.481 e. The molecule has 0 aromatic carbocycles. The normalized spacial score (nSPS) is 15.4. The van der Waals surface area contributed by atoms with Crippen molar-refractivity contribution in [2.75, 3.05) is 0 Å². The number of aromatic amines is 1. The molecular formula is C22H36N6O7. The Morgan fingerprint density at radius 2 is 1.60 bits per heavy atom. The first-order valence-electron chi connectivity index (χ1n) is 11.5. The van der Waals surface area contributed by atoms with Crippen LogP contribution in [0.15, 0.2) is 12.5 Å². The number of carboxylic acids is 2. The standard InChI is InChI=1S/C22H36N6O7/c1-5-12(4)17(23)21(33)26-14(6-7-16(29)30)19(31)27-15(8-13-9-24-10-25-13)20(32)28-18(11(2)3)22(34)35/h9-12,14-15,17-18H,5-8,23H2,1-4H3,(H,24,25)(H,26,33)(H,27,31)(H,28,32)(H,29,30)(H,34,35). The summed E-state index contributed by atoms with van der Waals surface area (Å²) in [4.78, 5) is 67.9. The third-order valence-corrected chi connectivity index (χ3v) is 5.68. The highest BCUT2D eigenvalue weighted by molar-refractivity contribution is 5.94. The number of amides is 3. The summed E-state index contributed by atoms with van der Waals surface area (Å²) < 4.78 is 0. The SMILES string of the molecule is CCC(C)C(N)C(=O)NC(CCC(=O)O)C(=O)NC(Cc1cnc[nH]1)C(=O)NC(C(=O)O)C(C)C. The lowest BCUT2D eigenvalue weighted by atomic mass is 9.98.